The summed E-state index contributed by atoms with van der Waals surface area (Å²) in [5.41, 5.74) is 3.17. The van der Waals surface area contributed by atoms with Gasteiger partial charge in [0.25, 0.3) is 5.91 Å². The highest BCUT2D eigenvalue weighted by Crippen LogP contribution is 2.33. The number of hydrogen-bond acceptors (Lipinski definition) is 4. The fourth-order valence-electron chi connectivity index (χ4n) is 2.37. The molecule has 0 radical (unpaired) electrons. The Bertz CT molecular complexity index is 661. The number of aliphatic carboxylic acids is 1. The van der Waals surface area contributed by atoms with Crippen LogP contribution in [0.2, 0.25) is 0 Å². The number of carboxylic acid groups (broad SMARTS) is 1. The van der Waals surface area contributed by atoms with Crippen molar-refractivity contribution in [3.8, 4) is 0 Å². The predicted molar refractivity (Wildman–Crippen MR) is 87.1 cm³/mol. The molecule has 21 heavy (non-hydrogen) atoms. The zero-order chi connectivity index (χ0) is 15.7. The van der Waals surface area contributed by atoms with E-state index in [4.69, 9.17) is 17.3 Å². The van der Waals surface area contributed by atoms with E-state index in [1.165, 1.54) is 0 Å². The van der Waals surface area contributed by atoms with Crippen molar-refractivity contribution in [3.05, 3.63) is 27.9 Å². The number of carbonyl (C=O) groups is 2. The highest BCUT2D eigenvalue weighted by molar-refractivity contribution is 8.26. The van der Waals surface area contributed by atoms with E-state index in [2.05, 4.69) is 11.5 Å². The number of carbonyl (C=O) groups excluding carboxylic acids is 1. The van der Waals surface area contributed by atoms with Gasteiger partial charge in [0.15, 0.2) is 0 Å². The third kappa shape index (κ3) is 3.03. The number of aryl methyl sites for hydroxylation is 1. The summed E-state index contributed by atoms with van der Waals surface area (Å²) in [5, 5.41) is 8.82. The van der Waals surface area contributed by atoms with Crippen molar-refractivity contribution < 1.29 is 14.7 Å². The highest BCUT2D eigenvalue weighted by atomic mass is 32.2. The predicted octanol–water partition coefficient (Wildman–Crippen LogP) is 2.41. The van der Waals surface area contributed by atoms with Crippen molar-refractivity contribution in [3.63, 3.8) is 0 Å². The van der Waals surface area contributed by atoms with E-state index in [0.29, 0.717) is 4.91 Å². The first-order valence-corrected chi connectivity index (χ1v) is 7.71. The fraction of sp³-hybridized carbons (Fsp3) is 0.357. The lowest BCUT2D eigenvalue weighted by molar-refractivity contribution is -0.140. The summed E-state index contributed by atoms with van der Waals surface area (Å²) < 4.78 is 2.45. The molecule has 1 amide bonds. The maximum absolute atomic E-state index is 12.2. The molecule has 0 bridgehead atoms. The molecule has 0 saturated carbocycles. The minimum Gasteiger partial charge on any atom is -0.480 e. The van der Waals surface area contributed by atoms with Gasteiger partial charge in [-0.3, -0.25) is 14.5 Å². The van der Waals surface area contributed by atoms with Crippen LogP contribution in [0.1, 0.15) is 23.9 Å². The summed E-state index contributed by atoms with van der Waals surface area (Å²) in [4.78, 5) is 24.6. The molecule has 1 aliphatic rings. The number of carboxylic acids is 1. The van der Waals surface area contributed by atoms with Crippen molar-refractivity contribution in [2.75, 3.05) is 6.54 Å². The molecular weight excluding hydrogens is 308 g/mol. The number of amides is 1. The van der Waals surface area contributed by atoms with Crippen LogP contribution in [0.25, 0.3) is 6.08 Å². The van der Waals surface area contributed by atoms with Gasteiger partial charge in [-0.15, -0.1) is 0 Å². The third-order valence-electron chi connectivity index (χ3n) is 3.38. The molecule has 2 rings (SSSR count). The number of rotatable bonds is 4. The molecule has 0 atom stereocenters. The molecule has 2 heterocycles. The van der Waals surface area contributed by atoms with Crippen LogP contribution in [-0.2, 0) is 16.1 Å². The third-order valence-corrected chi connectivity index (χ3v) is 4.76. The van der Waals surface area contributed by atoms with E-state index < -0.39 is 12.5 Å². The molecular formula is C14H16N2O3S2. The Morgan fingerprint density at radius 3 is 2.67 bits per heavy atom. The zero-order valence-corrected chi connectivity index (χ0v) is 13.7. The van der Waals surface area contributed by atoms with E-state index in [1.54, 1.807) is 6.08 Å². The molecule has 0 aromatic carbocycles. The van der Waals surface area contributed by atoms with Gasteiger partial charge < -0.3 is 9.67 Å². The van der Waals surface area contributed by atoms with Crippen LogP contribution in [0.4, 0.5) is 0 Å². The molecule has 1 saturated heterocycles. The summed E-state index contributed by atoms with van der Waals surface area (Å²) >= 11 is 6.22. The number of aromatic nitrogens is 1. The largest absolute Gasteiger partial charge is 0.480 e. The second kappa shape index (κ2) is 6.03. The lowest BCUT2D eigenvalue weighted by Crippen LogP contribution is -2.33. The Labute approximate surface area is 132 Å². The topological polar surface area (TPSA) is 62.5 Å². The van der Waals surface area contributed by atoms with Gasteiger partial charge in [-0.25, -0.2) is 0 Å². The lowest BCUT2D eigenvalue weighted by atomic mass is 10.2. The quantitative estimate of drug-likeness (QED) is 0.681. The summed E-state index contributed by atoms with van der Waals surface area (Å²) in [6.45, 7) is 6.56. The molecule has 0 unspecified atom stereocenters. The van der Waals surface area contributed by atoms with Gasteiger partial charge in [-0.1, -0.05) is 24.0 Å². The Morgan fingerprint density at radius 1 is 1.48 bits per heavy atom. The maximum Gasteiger partial charge on any atom is 0.323 e. The van der Waals surface area contributed by atoms with Gasteiger partial charge in [-0.2, -0.15) is 0 Å². The zero-order valence-electron chi connectivity index (χ0n) is 12.0. The second-order valence-corrected chi connectivity index (χ2v) is 6.41. The van der Waals surface area contributed by atoms with Gasteiger partial charge >= 0.3 is 5.97 Å². The Hall–Kier alpha value is -1.60. The monoisotopic (exact) mass is 324 g/mol. The normalized spacial score (nSPS) is 17.1. The fourth-order valence-corrected chi connectivity index (χ4v) is 3.62. The number of thioether (sulfide) groups is 1. The SMILES string of the molecule is CCn1c(C)cc(/C=C2\SC(=S)N(CC(=O)O)C2=O)c1C. The number of thiocarbonyl (C=S) groups is 1. The van der Waals surface area contributed by atoms with Crippen molar-refractivity contribution in [2.24, 2.45) is 0 Å². The Morgan fingerprint density at radius 2 is 2.14 bits per heavy atom. The summed E-state index contributed by atoms with van der Waals surface area (Å²) in [6, 6.07) is 2.02. The summed E-state index contributed by atoms with van der Waals surface area (Å²) in [6.07, 6.45) is 1.79. The standard InChI is InChI=1S/C14H16N2O3S2/c1-4-15-8(2)5-10(9(15)3)6-11-13(19)16(7-12(17)18)14(20)21-11/h5-6H,4,7H2,1-3H3,(H,17,18)/b11-6-. The van der Waals surface area contributed by atoms with Gasteiger partial charge in [0.05, 0.1) is 4.91 Å². The van der Waals surface area contributed by atoms with Crippen LogP contribution in [-0.4, -0.2) is 37.3 Å². The van der Waals surface area contributed by atoms with Crippen LogP contribution in [0.3, 0.4) is 0 Å². The van der Waals surface area contributed by atoms with Crippen LogP contribution in [0.15, 0.2) is 11.0 Å². The van der Waals surface area contributed by atoms with Crippen LogP contribution in [0.5, 0.6) is 0 Å². The highest BCUT2D eigenvalue weighted by Gasteiger charge is 2.33. The minimum absolute atomic E-state index is 0.290. The van der Waals surface area contributed by atoms with Crippen molar-refractivity contribution in [2.45, 2.75) is 27.3 Å². The summed E-state index contributed by atoms with van der Waals surface area (Å²) in [5.74, 6) is -1.41. The van der Waals surface area contributed by atoms with E-state index >= 15 is 0 Å². The van der Waals surface area contributed by atoms with Crippen molar-refractivity contribution in [1.29, 1.82) is 0 Å². The molecule has 1 aromatic rings. The number of hydrogen-bond donors (Lipinski definition) is 1. The average molecular weight is 324 g/mol. The molecule has 1 aromatic heterocycles. The molecule has 112 valence electrons. The van der Waals surface area contributed by atoms with Crippen molar-refractivity contribution in [1.82, 2.24) is 9.47 Å². The first-order chi connectivity index (χ1) is 9.85. The molecule has 0 spiro atoms. The van der Waals surface area contributed by atoms with Gasteiger partial charge in [0.1, 0.15) is 10.9 Å². The van der Waals surface area contributed by atoms with Crippen molar-refractivity contribution >= 4 is 46.3 Å². The van der Waals surface area contributed by atoms with E-state index in [9.17, 15) is 9.59 Å². The second-order valence-electron chi connectivity index (χ2n) is 4.73. The molecule has 0 aliphatic carbocycles. The molecule has 1 fully saturated rings. The average Bonchev–Trinajstić information content (AvgIpc) is 2.81. The Balaban J connectivity index is 2.33. The molecule has 7 heteroatoms. The summed E-state index contributed by atoms with van der Waals surface area (Å²) in [7, 11) is 0. The van der Waals surface area contributed by atoms with Gasteiger partial charge in [0, 0.05) is 17.9 Å². The molecule has 1 N–H and O–H groups in total. The molecule has 1 aliphatic heterocycles. The van der Waals surface area contributed by atoms with Gasteiger partial charge in [0.2, 0.25) is 0 Å². The first-order valence-electron chi connectivity index (χ1n) is 6.49. The Kier molecular flexibility index (Phi) is 4.53. The van der Waals surface area contributed by atoms with Crippen LogP contribution in [0, 0.1) is 13.8 Å². The van der Waals surface area contributed by atoms with Gasteiger partial charge in [-0.05, 0) is 38.5 Å². The lowest BCUT2D eigenvalue weighted by Gasteiger charge is -2.10. The first kappa shape index (κ1) is 15.8. The van der Waals surface area contributed by atoms with E-state index in [1.807, 2.05) is 19.9 Å². The van der Waals surface area contributed by atoms with E-state index in [0.717, 1.165) is 40.2 Å². The number of nitrogens with zero attached hydrogens (tertiary/aromatic N) is 2. The van der Waals surface area contributed by atoms with Crippen LogP contribution >= 0.6 is 24.0 Å². The van der Waals surface area contributed by atoms with Crippen LogP contribution < -0.4 is 0 Å². The minimum atomic E-state index is -1.07. The smallest absolute Gasteiger partial charge is 0.323 e. The maximum atomic E-state index is 12.2. The van der Waals surface area contributed by atoms with E-state index in [-0.39, 0.29) is 10.2 Å². The molecule has 5 nitrogen and oxygen atoms in total.